The van der Waals surface area contributed by atoms with E-state index in [0.717, 1.165) is 12.4 Å². The fraction of sp³-hybridized carbons (Fsp3) is 0.375. The van der Waals surface area contributed by atoms with Crippen LogP contribution in [-0.4, -0.2) is 31.6 Å². The Bertz CT molecular complexity index is 427. The van der Waals surface area contributed by atoms with Gasteiger partial charge in [-0.15, -0.1) is 0 Å². The summed E-state index contributed by atoms with van der Waals surface area (Å²) >= 11 is 0. The van der Waals surface area contributed by atoms with Crippen molar-refractivity contribution in [2.24, 2.45) is 5.73 Å². The molecule has 0 saturated carbocycles. The van der Waals surface area contributed by atoms with Crippen molar-refractivity contribution in [3.63, 3.8) is 0 Å². The van der Waals surface area contributed by atoms with Crippen LogP contribution in [0, 0.1) is 0 Å². The van der Waals surface area contributed by atoms with Crippen molar-refractivity contribution < 1.29 is 19.1 Å². The molecule has 8 heteroatoms. The summed E-state index contributed by atoms with van der Waals surface area (Å²) in [6.45, 7) is 1.36. The third-order valence-electron chi connectivity index (χ3n) is 1.95. The molecule has 0 amide bonds. The van der Waals surface area contributed by atoms with Crippen LogP contribution in [-0.2, 0) is 15.8 Å². The molecule has 1 rings (SSSR count). The van der Waals surface area contributed by atoms with Gasteiger partial charge in [0.2, 0.25) is 0 Å². The van der Waals surface area contributed by atoms with Gasteiger partial charge in [0.25, 0.3) is 0 Å². The van der Waals surface area contributed by atoms with E-state index in [1.54, 1.807) is 0 Å². The lowest BCUT2D eigenvalue weighted by Crippen LogP contribution is -2.31. The quantitative estimate of drug-likeness (QED) is 0.565. The number of rotatable bonds is 4. The molecule has 16 heavy (non-hydrogen) atoms. The second-order valence-electron chi connectivity index (χ2n) is 3.32. The molecule has 0 unspecified atom stereocenters. The number of aromatic nitrogens is 2. The minimum absolute atomic E-state index is 0.150. The summed E-state index contributed by atoms with van der Waals surface area (Å²) in [6.07, 6.45) is 2.22. The smallest absolute Gasteiger partial charge is 0.321 e. The number of carbonyl (C=O) groups is 1. The van der Waals surface area contributed by atoms with E-state index in [1.807, 2.05) is 0 Å². The van der Waals surface area contributed by atoms with E-state index in [4.69, 9.17) is 15.5 Å². The third kappa shape index (κ3) is 3.46. The largest absolute Gasteiger partial charge is 0.359 e. The summed E-state index contributed by atoms with van der Waals surface area (Å²) in [5.41, 5.74) is 5.49. The Balaban J connectivity index is 2.80. The lowest BCUT2D eigenvalue weighted by molar-refractivity contribution is -0.118. The van der Waals surface area contributed by atoms with Crippen molar-refractivity contribution in [2.45, 2.75) is 19.4 Å². The highest BCUT2D eigenvalue weighted by molar-refractivity contribution is 7.60. The normalized spacial score (nSPS) is 13.5. The molecular formula is C8H12N3O4P. The van der Waals surface area contributed by atoms with Gasteiger partial charge in [-0.1, -0.05) is 0 Å². The molecule has 0 spiro atoms. The van der Waals surface area contributed by atoms with Crippen molar-refractivity contribution in [1.82, 2.24) is 9.97 Å². The van der Waals surface area contributed by atoms with Crippen molar-refractivity contribution in [3.05, 3.63) is 18.2 Å². The standard InChI is InChI=1S/C8H12N3O4P/c1-5(12)7(9)2-8-10-3-6(4-11-8)16(13,14)15/h3-4,7H,2,9H2,1H3,(H2,13,14,15)/t7-/m0/s1. The molecule has 0 radical (unpaired) electrons. The Morgan fingerprint density at radius 2 is 2.00 bits per heavy atom. The van der Waals surface area contributed by atoms with Crippen molar-refractivity contribution in [2.75, 3.05) is 0 Å². The van der Waals surface area contributed by atoms with E-state index in [1.165, 1.54) is 6.92 Å². The zero-order chi connectivity index (χ0) is 12.3. The molecule has 0 aromatic carbocycles. The van der Waals surface area contributed by atoms with E-state index in [9.17, 15) is 9.36 Å². The lowest BCUT2D eigenvalue weighted by Gasteiger charge is -2.07. The zero-order valence-corrected chi connectivity index (χ0v) is 9.46. The summed E-state index contributed by atoms with van der Waals surface area (Å²) in [7, 11) is -4.31. The van der Waals surface area contributed by atoms with Crippen LogP contribution in [0.4, 0.5) is 0 Å². The van der Waals surface area contributed by atoms with Gasteiger partial charge in [-0.3, -0.25) is 9.36 Å². The summed E-state index contributed by atoms with van der Waals surface area (Å²) in [6, 6.07) is -0.694. The lowest BCUT2D eigenvalue weighted by atomic mass is 10.1. The maximum Gasteiger partial charge on any atom is 0.359 e. The van der Waals surface area contributed by atoms with Gasteiger partial charge in [-0.2, -0.15) is 0 Å². The third-order valence-corrected chi connectivity index (χ3v) is 2.86. The van der Waals surface area contributed by atoms with Gasteiger partial charge in [-0.05, 0) is 6.92 Å². The number of ketones is 1. The number of nitrogens with two attached hydrogens (primary N) is 1. The van der Waals surface area contributed by atoms with Crippen LogP contribution in [0.1, 0.15) is 12.7 Å². The molecule has 88 valence electrons. The first-order chi connectivity index (χ1) is 7.30. The predicted octanol–water partition coefficient (Wildman–Crippen LogP) is -1.26. The monoisotopic (exact) mass is 245 g/mol. The van der Waals surface area contributed by atoms with Gasteiger partial charge in [0.15, 0.2) is 0 Å². The molecule has 0 saturated heterocycles. The van der Waals surface area contributed by atoms with E-state index >= 15 is 0 Å². The van der Waals surface area contributed by atoms with Crippen LogP contribution in [0.3, 0.4) is 0 Å². The zero-order valence-electron chi connectivity index (χ0n) is 8.57. The highest BCUT2D eigenvalue weighted by atomic mass is 31.2. The van der Waals surface area contributed by atoms with Crippen LogP contribution < -0.4 is 11.0 Å². The maximum atomic E-state index is 10.9. The molecule has 1 atom stereocenters. The van der Waals surface area contributed by atoms with E-state index in [-0.39, 0.29) is 23.3 Å². The highest BCUT2D eigenvalue weighted by Gasteiger charge is 2.18. The van der Waals surface area contributed by atoms with Gasteiger partial charge < -0.3 is 15.5 Å². The molecular weight excluding hydrogens is 233 g/mol. The molecule has 1 heterocycles. The van der Waals surface area contributed by atoms with Crippen LogP contribution in [0.5, 0.6) is 0 Å². The first-order valence-corrected chi connectivity index (χ1v) is 6.05. The van der Waals surface area contributed by atoms with E-state index < -0.39 is 13.6 Å². The van der Waals surface area contributed by atoms with Crippen LogP contribution in [0.15, 0.2) is 12.4 Å². The highest BCUT2D eigenvalue weighted by Crippen LogP contribution is 2.31. The van der Waals surface area contributed by atoms with Crippen molar-refractivity contribution in [1.29, 1.82) is 0 Å². The summed E-state index contributed by atoms with van der Waals surface area (Å²) in [4.78, 5) is 35.9. The Morgan fingerprint density at radius 3 is 2.38 bits per heavy atom. The fourth-order valence-corrected chi connectivity index (χ4v) is 1.36. The molecule has 1 aromatic heterocycles. The molecule has 0 aliphatic rings. The number of hydrogen-bond acceptors (Lipinski definition) is 5. The molecule has 0 bridgehead atoms. The number of Topliss-reactive ketones (excluding diaryl/α,β-unsaturated/α-hetero) is 1. The van der Waals surface area contributed by atoms with Gasteiger partial charge in [0, 0.05) is 18.8 Å². The Labute approximate surface area is 91.9 Å². The second-order valence-corrected chi connectivity index (χ2v) is 4.93. The Morgan fingerprint density at radius 1 is 1.50 bits per heavy atom. The van der Waals surface area contributed by atoms with Crippen molar-refractivity contribution in [3.8, 4) is 0 Å². The summed E-state index contributed by atoms with van der Waals surface area (Å²) < 4.78 is 10.8. The second kappa shape index (κ2) is 4.80. The molecule has 0 fully saturated rings. The average Bonchev–Trinajstić information content (AvgIpc) is 2.17. The fourth-order valence-electron chi connectivity index (χ4n) is 0.944. The average molecular weight is 245 g/mol. The minimum Gasteiger partial charge on any atom is -0.321 e. The van der Waals surface area contributed by atoms with Crippen LogP contribution >= 0.6 is 7.60 Å². The number of nitrogens with zero attached hydrogens (tertiary/aromatic N) is 2. The number of carbonyl (C=O) groups excluding carboxylic acids is 1. The topological polar surface area (TPSA) is 126 Å². The molecule has 4 N–H and O–H groups in total. The molecule has 7 nitrogen and oxygen atoms in total. The van der Waals surface area contributed by atoms with E-state index in [0.29, 0.717) is 0 Å². The Kier molecular flexibility index (Phi) is 3.88. The molecule has 0 aliphatic carbocycles. The molecule has 0 aliphatic heterocycles. The van der Waals surface area contributed by atoms with E-state index in [2.05, 4.69) is 9.97 Å². The van der Waals surface area contributed by atoms with Gasteiger partial charge in [0.05, 0.1) is 6.04 Å². The van der Waals surface area contributed by atoms with Crippen molar-refractivity contribution >= 4 is 18.7 Å². The van der Waals surface area contributed by atoms with Crippen LogP contribution in [0.25, 0.3) is 0 Å². The molecule has 1 aromatic rings. The first-order valence-electron chi connectivity index (χ1n) is 4.44. The summed E-state index contributed by atoms with van der Waals surface area (Å²) in [5.74, 6) is 0.0857. The predicted molar refractivity (Wildman–Crippen MR) is 56.1 cm³/mol. The Hall–Kier alpha value is -1.14. The first kappa shape index (κ1) is 12.9. The maximum absolute atomic E-state index is 10.9. The van der Waals surface area contributed by atoms with Gasteiger partial charge >= 0.3 is 7.60 Å². The van der Waals surface area contributed by atoms with Crippen LogP contribution in [0.2, 0.25) is 0 Å². The summed E-state index contributed by atoms with van der Waals surface area (Å²) in [5, 5.41) is -0.257. The number of hydrogen-bond donors (Lipinski definition) is 3. The van der Waals surface area contributed by atoms with Gasteiger partial charge in [-0.25, -0.2) is 9.97 Å². The minimum atomic E-state index is -4.31. The van der Waals surface area contributed by atoms with Gasteiger partial charge in [0.1, 0.15) is 16.9 Å². The SMILES string of the molecule is CC(=O)[C@@H](N)Cc1ncc(P(=O)(O)O)cn1.